The number of carbonyl (C=O) groups excluding carboxylic acids is 1. The molecule has 0 fully saturated rings. The van der Waals surface area contributed by atoms with E-state index in [1.807, 2.05) is 31.4 Å². The number of carbonyl (C=O) groups is 1. The van der Waals surface area contributed by atoms with Gasteiger partial charge in [0, 0.05) is 11.6 Å². The van der Waals surface area contributed by atoms with Gasteiger partial charge in [-0.25, -0.2) is 4.98 Å². The summed E-state index contributed by atoms with van der Waals surface area (Å²) in [4.78, 5) is 16.4. The second-order valence-corrected chi connectivity index (χ2v) is 6.42. The molecule has 0 saturated carbocycles. The second-order valence-electron chi connectivity index (χ2n) is 4.33. The summed E-state index contributed by atoms with van der Waals surface area (Å²) in [5, 5.41) is 2.92. The average molecular weight is 295 g/mol. The number of amides is 1. The van der Waals surface area contributed by atoms with E-state index in [4.69, 9.17) is 5.73 Å². The molecule has 4 nitrogen and oxygen atoms in total. The summed E-state index contributed by atoms with van der Waals surface area (Å²) >= 11 is 3.27. The van der Waals surface area contributed by atoms with Crippen LogP contribution in [0.5, 0.6) is 0 Å². The van der Waals surface area contributed by atoms with Crippen molar-refractivity contribution >= 4 is 44.9 Å². The minimum atomic E-state index is -0.0658. The highest BCUT2D eigenvalue weighted by Gasteiger charge is 2.12. The number of aromatic nitrogens is 1. The Balaban J connectivity index is 2.14. The van der Waals surface area contributed by atoms with Gasteiger partial charge in [-0.1, -0.05) is 18.7 Å². The smallest absolute Gasteiger partial charge is 0.227 e. The van der Waals surface area contributed by atoms with Gasteiger partial charge in [0.25, 0.3) is 0 Å². The third kappa shape index (κ3) is 3.46. The lowest BCUT2D eigenvalue weighted by molar-refractivity contribution is -0.119. The third-order valence-corrected chi connectivity index (χ3v) is 4.86. The van der Waals surface area contributed by atoms with E-state index in [2.05, 4.69) is 10.3 Å². The first-order valence-electron chi connectivity index (χ1n) is 6.09. The molecule has 1 aromatic carbocycles. The normalized spacial score (nSPS) is 12.6. The number of hydrogen-bond acceptors (Lipinski definition) is 5. The van der Waals surface area contributed by atoms with Crippen molar-refractivity contribution in [1.82, 2.24) is 4.98 Å². The Labute approximate surface area is 120 Å². The maximum absolute atomic E-state index is 11.9. The summed E-state index contributed by atoms with van der Waals surface area (Å²) in [5.41, 5.74) is 7.26. The summed E-state index contributed by atoms with van der Waals surface area (Å²) in [6, 6.07) is 5.80. The van der Waals surface area contributed by atoms with Crippen LogP contribution in [0.2, 0.25) is 0 Å². The quantitative estimate of drug-likeness (QED) is 0.832. The molecule has 0 aliphatic heterocycles. The number of benzene rings is 1. The zero-order chi connectivity index (χ0) is 13.8. The van der Waals surface area contributed by atoms with Crippen LogP contribution in [0.1, 0.15) is 13.3 Å². The van der Waals surface area contributed by atoms with Crippen molar-refractivity contribution in [2.75, 3.05) is 18.1 Å². The van der Waals surface area contributed by atoms with Gasteiger partial charge in [0.05, 0.1) is 10.2 Å². The Morgan fingerprint density at radius 1 is 1.58 bits per heavy atom. The molecule has 1 amide bonds. The lowest BCUT2D eigenvalue weighted by Crippen LogP contribution is -2.22. The number of rotatable bonds is 5. The molecule has 2 aromatic rings. The predicted octanol–water partition coefficient (Wildman–Crippen LogP) is 2.94. The number of thiazole rings is 1. The van der Waals surface area contributed by atoms with E-state index >= 15 is 0 Å². The van der Waals surface area contributed by atoms with Gasteiger partial charge < -0.3 is 11.1 Å². The second kappa shape index (κ2) is 6.36. The molecule has 102 valence electrons. The van der Waals surface area contributed by atoms with Crippen molar-refractivity contribution in [2.45, 2.75) is 17.7 Å². The summed E-state index contributed by atoms with van der Waals surface area (Å²) < 4.78 is 2.13. The van der Waals surface area contributed by atoms with Gasteiger partial charge in [-0.3, -0.25) is 4.79 Å². The molecule has 0 radical (unpaired) electrons. The van der Waals surface area contributed by atoms with Crippen molar-refractivity contribution in [3.63, 3.8) is 0 Å². The lowest BCUT2D eigenvalue weighted by atomic mass is 10.1. The standard InChI is InChI=1S/C13H17N3OS2/c1-8(5-6-14)12(17)15-9-3-4-10-11(7-9)19-13(16-10)18-2/h3-4,7-8H,5-6,14H2,1-2H3,(H,15,17). The van der Waals surface area contributed by atoms with Crippen LogP contribution in [0.15, 0.2) is 22.5 Å². The largest absolute Gasteiger partial charge is 0.330 e. The van der Waals surface area contributed by atoms with Crippen molar-refractivity contribution in [2.24, 2.45) is 11.7 Å². The van der Waals surface area contributed by atoms with Crippen LogP contribution in [-0.2, 0) is 4.79 Å². The van der Waals surface area contributed by atoms with E-state index in [9.17, 15) is 4.79 Å². The lowest BCUT2D eigenvalue weighted by Gasteiger charge is -2.10. The Morgan fingerprint density at radius 3 is 3.05 bits per heavy atom. The van der Waals surface area contributed by atoms with Crippen molar-refractivity contribution in [3.05, 3.63) is 18.2 Å². The highest BCUT2D eigenvalue weighted by atomic mass is 32.2. The highest BCUT2D eigenvalue weighted by Crippen LogP contribution is 2.30. The third-order valence-electron chi connectivity index (χ3n) is 2.86. The van der Waals surface area contributed by atoms with Crippen LogP contribution in [0.3, 0.4) is 0 Å². The predicted molar refractivity (Wildman–Crippen MR) is 82.9 cm³/mol. The topological polar surface area (TPSA) is 68.0 Å². The number of nitrogens with two attached hydrogens (primary N) is 1. The Kier molecular flexibility index (Phi) is 4.79. The number of nitrogens with zero attached hydrogens (tertiary/aromatic N) is 1. The van der Waals surface area contributed by atoms with Crippen LogP contribution in [-0.4, -0.2) is 23.7 Å². The van der Waals surface area contributed by atoms with Gasteiger partial charge in [-0.15, -0.1) is 11.3 Å². The molecule has 6 heteroatoms. The molecule has 0 aliphatic carbocycles. The molecule has 0 saturated heterocycles. The SMILES string of the molecule is CSc1nc2ccc(NC(=O)C(C)CCN)cc2s1. The molecule has 0 aliphatic rings. The monoisotopic (exact) mass is 295 g/mol. The molecule has 0 spiro atoms. The van der Waals surface area contributed by atoms with Crippen molar-refractivity contribution in [1.29, 1.82) is 0 Å². The van der Waals surface area contributed by atoms with Crippen LogP contribution < -0.4 is 11.1 Å². The van der Waals surface area contributed by atoms with Gasteiger partial charge in [0.1, 0.15) is 0 Å². The fourth-order valence-electron chi connectivity index (χ4n) is 1.72. The molecular formula is C13H17N3OS2. The van der Waals surface area contributed by atoms with Crippen molar-refractivity contribution in [3.8, 4) is 0 Å². The first kappa shape index (κ1) is 14.3. The number of anilines is 1. The molecule has 0 bridgehead atoms. The van der Waals surface area contributed by atoms with E-state index in [0.717, 1.165) is 20.2 Å². The highest BCUT2D eigenvalue weighted by molar-refractivity contribution is 8.00. The van der Waals surface area contributed by atoms with Crippen LogP contribution in [0.4, 0.5) is 5.69 Å². The number of nitrogens with one attached hydrogen (secondary N) is 1. The van der Waals surface area contributed by atoms with Gasteiger partial charge >= 0.3 is 0 Å². The molecule has 19 heavy (non-hydrogen) atoms. The van der Waals surface area contributed by atoms with Gasteiger partial charge in [0.15, 0.2) is 4.34 Å². The molecule has 1 heterocycles. The van der Waals surface area contributed by atoms with Crippen molar-refractivity contribution < 1.29 is 4.79 Å². The first-order valence-corrected chi connectivity index (χ1v) is 8.13. The molecule has 1 atom stereocenters. The van der Waals surface area contributed by atoms with E-state index in [1.54, 1.807) is 23.1 Å². The summed E-state index contributed by atoms with van der Waals surface area (Å²) in [6.07, 6.45) is 2.71. The van der Waals surface area contributed by atoms with Crippen LogP contribution in [0, 0.1) is 5.92 Å². The average Bonchev–Trinajstić information content (AvgIpc) is 2.81. The molecule has 3 N–H and O–H groups in total. The van der Waals surface area contributed by atoms with E-state index in [-0.39, 0.29) is 11.8 Å². The number of fused-ring (bicyclic) bond motifs is 1. The van der Waals surface area contributed by atoms with Crippen LogP contribution >= 0.6 is 23.1 Å². The van der Waals surface area contributed by atoms with E-state index in [0.29, 0.717) is 13.0 Å². The van der Waals surface area contributed by atoms with E-state index < -0.39 is 0 Å². The summed E-state index contributed by atoms with van der Waals surface area (Å²) in [6.45, 7) is 2.42. The first-order chi connectivity index (χ1) is 9.13. The fourth-order valence-corrected chi connectivity index (χ4v) is 3.24. The van der Waals surface area contributed by atoms with Gasteiger partial charge in [-0.2, -0.15) is 0 Å². The molecule has 1 aromatic heterocycles. The minimum Gasteiger partial charge on any atom is -0.330 e. The molecule has 1 unspecified atom stereocenters. The zero-order valence-corrected chi connectivity index (χ0v) is 12.6. The van der Waals surface area contributed by atoms with Crippen LogP contribution in [0.25, 0.3) is 10.2 Å². The number of hydrogen-bond donors (Lipinski definition) is 2. The zero-order valence-electron chi connectivity index (χ0n) is 11.0. The Morgan fingerprint density at radius 2 is 2.37 bits per heavy atom. The maximum Gasteiger partial charge on any atom is 0.227 e. The van der Waals surface area contributed by atoms with E-state index in [1.165, 1.54) is 0 Å². The fraction of sp³-hybridized carbons (Fsp3) is 0.385. The Bertz CT molecular complexity index is 582. The van der Waals surface area contributed by atoms with Gasteiger partial charge in [0.2, 0.25) is 5.91 Å². The summed E-state index contributed by atoms with van der Waals surface area (Å²) in [7, 11) is 0. The Hall–Kier alpha value is -1.11. The summed E-state index contributed by atoms with van der Waals surface area (Å²) in [5.74, 6) is -0.0525. The molecular weight excluding hydrogens is 278 g/mol. The maximum atomic E-state index is 11.9. The van der Waals surface area contributed by atoms with Gasteiger partial charge in [-0.05, 0) is 37.4 Å². The number of thioether (sulfide) groups is 1. The molecule has 2 rings (SSSR count). The minimum absolute atomic E-state index is 0.0133.